The van der Waals surface area contributed by atoms with Gasteiger partial charge in [-0.05, 0) is 0 Å². The van der Waals surface area contributed by atoms with Crippen LogP contribution < -0.4 is 4.40 Å². The Bertz CT molecular complexity index is 580. The second-order valence-electron chi connectivity index (χ2n) is 5.41. The van der Waals surface area contributed by atoms with E-state index in [9.17, 15) is 0 Å². The van der Waals surface area contributed by atoms with Gasteiger partial charge >= 0.3 is 112 Å². The van der Waals surface area contributed by atoms with Crippen molar-refractivity contribution < 1.29 is 0 Å². The first-order valence-electron chi connectivity index (χ1n) is 6.24. The van der Waals surface area contributed by atoms with Crippen molar-refractivity contribution in [2.45, 2.75) is 17.3 Å². The van der Waals surface area contributed by atoms with E-state index in [0.717, 1.165) is 5.56 Å². The molecule has 0 saturated heterocycles. The number of hydrogen-bond acceptors (Lipinski definition) is 0. The van der Waals surface area contributed by atoms with Crippen LogP contribution in [0.4, 0.5) is 0 Å². The van der Waals surface area contributed by atoms with Crippen molar-refractivity contribution in [3.8, 4) is 11.8 Å². The van der Waals surface area contributed by atoms with Gasteiger partial charge in [0, 0.05) is 0 Å². The molecule has 0 amide bonds. The summed E-state index contributed by atoms with van der Waals surface area (Å²) in [5, 5.41) is 0. The van der Waals surface area contributed by atoms with Crippen LogP contribution in [0.15, 0.2) is 54.6 Å². The molecule has 0 aliphatic carbocycles. The molecule has 0 fully saturated rings. The Morgan fingerprint density at radius 3 is 2.00 bits per heavy atom. The minimum atomic E-state index is -1.82. The maximum absolute atomic E-state index is 3.33. The van der Waals surface area contributed by atoms with Crippen LogP contribution in [-0.4, -0.2) is 13.3 Å². The molecule has 1 heteroatoms. The standard InChI is InChI=1S/C17H18Ge/c1-18(2,3)17-12-8-7-11-16(17)14-13-15-9-5-4-6-10-15/h4-12H,1-3H3. The third kappa shape index (κ3) is 3.27. The summed E-state index contributed by atoms with van der Waals surface area (Å²) in [4.78, 5) is 0. The van der Waals surface area contributed by atoms with Gasteiger partial charge in [0.05, 0.1) is 0 Å². The zero-order valence-electron chi connectivity index (χ0n) is 11.2. The molecule has 0 aliphatic rings. The normalized spacial score (nSPS) is 10.6. The van der Waals surface area contributed by atoms with Crippen molar-refractivity contribution in [1.82, 2.24) is 0 Å². The first-order valence-corrected chi connectivity index (χ1v) is 13.6. The number of benzene rings is 2. The van der Waals surface area contributed by atoms with E-state index in [-0.39, 0.29) is 0 Å². The molecule has 0 heterocycles. The van der Waals surface area contributed by atoms with Gasteiger partial charge in [-0.15, -0.1) is 0 Å². The molecular weight excluding hydrogens is 277 g/mol. The average molecular weight is 295 g/mol. The van der Waals surface area contributed by atoms with E-state index < -0.39 is 13.3 Å². The second kappa shape index (κ2) is 5.46. The molecule has 0 aromatic heterocycles. The molecule has 2 rings (SSSR count). The molecule has 18 heavy (non-hydrogen) atoms. The van der Waals surface area contributed by atoms with E-state index in [4.69, 9.17) is 0 Å². The Balaban J connectivity index is 2.39. The van der Waals surface area contributed by atoms with Crippen LogP contribution in [0.2, 0.25) is 17.3 Å². The molecule has 0 spiro atoms. The van der Waals surface area contributed by atoms with Crippen LogP contribution in [0.1, 0.15) is 11.1 Å². The molecule has 0 radical (unpaired) electrons. The first kappa shape index (κ1) is 13.0. The van der Waals surface area contributed by atoms with Crippen molar-refractivity contribution in [2.75, 3.05) is 0 Å². The van der Waals surface area contributed by atoms with E-state index in [2.05, 4.69) is 53.4 Å². The van der Waals surface area contributed by atoms with Crippen LogP contribution in [0.5, 0.6) is 0 Å². The van der Waals surface area contributed by atoms with Crippen molar-refractivity contribution in [2.24, 2.45) is 0 Å². The molecule has 0 N–H and O–H groups in total. The van der Waals surface area contributed by atoms with Crippen molar-refractivity contribution in [1.29, 1.82) is 0 Å². The van der Waals surface area contributed by atoms with E-state index in [1.807, 2.05) is 30.3 Å². The summed E-state index contributed by atoms with van der Waals surface area (Å²) in [5.41, 5.74) is 2.28. The SMILES string of the molecule is [CH3][Ge]([CH3])([CH3])[c]1ccccc1C#Cc1ccccc1. The Kier molecular flexibility index (Phi) is 3.94. The van der Waals surface area contributed by atoms with Gasteiger partial charge in [-0.25, -0.2) is 0 Å². The second-order valence-corrected chi connectivity index (χ2v) is 16.0. The molecular formula is C17H18Ge. The fourth-order valence-corrected chi connectivity index (χ4v) is 5.16. The van der Waals surface area contributed by atoms with Crippen molar-refractivity contribution in [3.05, 3.63) is 65.7 Å². The van der Waals surface area contributed by atoms with Crippen molar-refractivity contribution >= 4 is 17.7 Å². The summed E-state index contributed by atoms with van der Waals surface area (Å²) in [7, 11) is 0. The Morgan fingerprint density at radius 2 is 1.33 bits per heavy atom. The molecule has 2 aromatic rings. The van der Waals surface area contributed by atoms with E-state index in [0.29, 0.717) is 0 Å². The van der Waals surface area contributed by atoms with Gasteiger partial charge < -0.3 is 0 Å². The fourth-order valence-electron chi connectivity index (χ4n) is 1.91. The quantitative estimate of drug-likeness (QED) is 0.556. The van der Waals surface area contributed by atoms with E-state index in [1.54, 1.807) is 0 Å². The van der Waals surface area contributed by atoms with Crippen LogP contribution in [-0.2, 0) is 0 Å². The predicted molar refractivity (Wildman–Crippen MR) is 81.8 cm³/mol. The number of rotatable bonds is 1. The third-order valence-corrected chi connectivity index (χ3v) is 7.16. The molecule has 0 saturated carbocycles. The van der Waals surface area contributed by atoms with Crippen molar-refractivity contribution in [3.63, 3.8) is 0 Å². The van der Waals surface area contributed by atoms with Gasteiger partial charge in [0.15, 0.2) is 0 Å². The van der Waals surface area contributed by atoms with E-state index in [1.165, 1.54) is 9.96 Å². The summed E-state index contributed by atoms with van der Waals surface area (Å²) in [6.45, 7) is 0. The van der Waals surface area contributed by atoms with Crippen LogP contribution >= 0.6 is 0 Å². The molecule has 2 aromatic carbocycles. The predicted octanol–water partition coefficient (Wildman–Crippen LogP) is 3.63. The minimum absolute atomic E-state index is 1.08. The molecule has 90 valence electrons. The van der Waals surface area contributed by atoms with Gasteiger partial charge in [0.1, 0.15) is 0 Å². The van der Waals surface area contributed by atoms with Crippen LogP contribution in [0.3, 0.4) is 0 Å². The molecule has 0 aliphatic heterocycles. The Morgan fingerprint density at radius 1 is 0.722 bits per heavy atom. The zero-order valence-corrected chi connectivity index (χ0v) is 13.3. The monoisotopic (exact) mass is 296 g/mol. The third-order valence-electron chi connectivity index (χ3n) is 2.85. The van der Waals surface area contributed by atoms with Gasteiger partial charge in [-0.3, -0.25) is 0 Å². The summed E-state index contributed by atoms with van der Waals surface area (Å²) in [6, 6.07) is 18.8. The molecule has 0 atom stereocenters. The van der Waals surface area contributed by atoms with E-state index >= 15 is 0 Å². The van der Waals surface area contributed by atoms with Gasteiger partial charge in [0.25, 0.3) is 0 Å². The van der Waals surface area contributed by atoms with Gasteiger partial charge in [-0.1, -0.05) is 0 Å². The van der Waals surface area contributed by atoms with Gasteiger partial charge in [0.2, 0.25) is 0 Å². The fraction of sp³-hybridized carbons (Fsp3) is 0.176. The number of hydrogen-bond donors (Lipinski definition) is 0. The average Bonchev–Trinajstić information content (AvgIpc) is 2.37. The first-order chi connectivity index (χ1) is 8.57. The van der Waals surface area contributed by atoms with Crippen LogP contribution in [0, 0.1) is 11.8 Å². The molecule has 0 bridgehead atoms. The topological polar surface area (TPSA) is 0 Å². The van der Waals surface area contributed by atoms with Gasteiger partial charge in [-0.2, -0.15) is 0 Å². The summed E-state index contributed by atoms with van der Waals surface area (Å²) in [6.07, 6.45) is 0. The molecule has 0 nitrogen and oxygen atoms in total. The summed E-state index contributed by atoms with van der Waals surface area (Å²) < 4.78 is 1.49. The maximum atomic E-state index is 3.33. The summed E-state index contributed by atoms with van der Waals surface area (Å²) >= 11 is -1.82. The zero-order chi connectivity index (χ0) is 13.0. The Labute approximate surface area is 112 Å². The molecule has 0 unspecified atom stereocenters. The Hall–Kier alpha value is -1.46. The van der Waals surface area contributed by atoms with Crippen LogP contribution in [0.25, 0.3) is 0 Å². The summed E-state index contributed by atoms with van der Waals surface area (Å²) in [5.74, 6) is 13.8.